The minimum absolute atomic E-state index is 0.291. The van der Waals surface area contributed by atoms with E-state index in [1.165, 1.54) is 29.7 Å². The summed E-state index contributed by atoms with van der Waals surface area (Å²) in [5.74, 6) is 0.274. The highest BCUT2D eigenvalue weighted by Crippen LogP contribution is 2.28. The molecule has 1 aromatic heterocycles. The third-order valence-electron chi connectivity index (χ3n) is 1.53. The molecule has 14 heavy (non-hydrogen) atoms. The van der Waals surface area contributed by atoms with Crippen molar-refractivity contribution < 1.29 is 9.13 Å². The highest BCUT2D eigenvalue weighted by atomic mass is 32.1. The molecule has 0 amide bonds. The Hall–Kier alpha value is -1.62. The first-order valence-electron chi connectivity index (χ1n) is 3.89. The van der Waals surface area contributed by atoms with Gasteiger partial charge in [-0.2, -0.15) is 0 Å². The van der Waals surface area contributed by atoms with Crippen molar-refractivity contribution in [2.45, 2.75) is 0 Å². The van der Waals surface area contributed by atoms with Crippen LogP contribution >= 0.6 is 11.3 Å². The predicted molar refractivity (Wildman–Crippen MR) is 53.0 cm³/mol. The van der Waals surface area contributed by atoms with E-state index < -0.39 is 0 Å². The van der Waals surface area contributed by atoms with Gasteiger partial charge in [0.1, 0.15) is 11.6 Å². The fourth-order valence-corrected chi connectivity index (χ4v) is 1.49. The van der Waals surface area contributed by atoms with Gasteiger partial charge in [-0.05, 0) is 24.3 Å². The largest absolute Gasteiger partial charge is 0.445 e. The van der Waals surface area contributed by atoms with E-state index in [0.717, 1.165) is 0 Å². The summed E-state index contributed by atoms with van der Waals surface area (Å²) in [5, 5.41) is 1.04. The van der Waals surface area contributed by atoms with Crippen LogP contribution in [0.15, 0.2) is 30.5 Å². The minimum atomic E-state index is -0.291. The Morgan fingerprint density at radius 1 is 1.29 bits per heavy atom. The number of hydrogen-bond acceptors (Lipinski definition) is 4. The van der Waals surface area contributed by atoms with Gasteiger partial charge in [0.25, 0.3) is 0 Å². The Labute approximate surface area is 84.0 Å². The topological polar surface area (TPSA) is 48.1 Å². The molecule has 72 valence electrons. The fourth-order valence-electron chi connectivity index (χ4n) is 0.938. The van der Waals surface area contributed by atoms with E-state index in [4.69, 9.17) is 10.5 Å². The Balaban J connectivity index is 2.15. The van der Waals surface area contributed by atoms with Crippen molar-refractivity contribution in [2.24, 2.45) is 0 Å². The lowest BCUT2D eigenvalue weighted by Crippen LogP contribution is -1.80. The van der Waals surface area contributed by atoms with Crippen molar-refractivity contribution in [3.05, 3.63) is 36.3 Å². The van der Waals surface area contributed by atoms with Gasteiger partial charge in [-0.1, -0.05) is 11.3 Å². The summed E-state index contributed by atoms with van der Waals surface area (Å²) in [7, 11) is 0. The minimum Gasteiger partial charge on any atom is -0.445 e. The van der Waals surface area contributed by atoms with E-state index in [1.54, 1.807) is 12.1 Å². The second kappa shape index (κ2) is 3.63. The van der Waals surface area contributed by atoms with Crippen molar-refractivity contribution in [3.8, 4) is 10.8 Å². The molecule has 1 heterocycles. The van der Waals surface area contributed by atoms with Gasteiger partial charge in [-0.3, -0.25) is 0 Å². The van der Waals surface area contributed by atoms with Gasteiger partial charge < -0.3 is 10.5 Å². The quantitative estimate of drug-likeness (QED) is 0.828. The van der Waals surface area contributed by atoms with Crippen LogP contribution in [-0.2, 0) is 0 Å². The zero-order chi connectivity index (χ0) is 9.97. The molecular weight excluding hydrogens is 203 g/mol. The van der Waals surface area contributed by atoms with Crippen LogP contribution in [0.3, 0.4) is 0 Å². The number of thiazole rings is 1. The maximum absolute atomic E-state index is 12.5. The van der Waals surface area contributed by atoms with Crippen molar-refractivity contribution in [2.75, 3.05) is 5.73 Å². The molecule has 0 fully saturated rings. The van der Waals surface area contributed by atoms with Crippen molar-refractivity contribution >= 4 is 16.5 Å². The van der Waals surface area contributed by atoms with Gasteiger partial charge in [-0.25, -0.2) is 9.37 Å². The second-order valence-corrected chi connectivity index (χ2v) is 3.60. The first-order valence-corrected chi connectivity index (χ1v) is 4.70. The third-order valence-corrected chi connectivity index (χ3v) is 2.24. The first kappa shape index (κ1) is 8.96. The summed E-state index contributed by atoms with van der Waals surface area (Å²) in [6.07, 6.45) is 1.53. The molecule has 0 aliphatic rings. The summed E-state index contributed by atoms with van der Waals surface area (Å²) >= 11 is 1.24. The maximum atomic E-state index is 12.5. The van der Waals surface area contributed by atoms with Crippen LogP contribution in [0.25, 0.3) is 0 Å². The highest BCUT2D eigenvalue weighted by Gasteiger charge is 2.01. The van der Waals surface area contributed by atoms with Crippen LogP contribution in [0, 0.1) is 5.82 Å². The molecule has 0 spiro atoms. The Morgan fingerprint density at radius 2 is 2.00 bits per heavy atom. The zero-order valence-electron chi connectivity index (χ0n) is 7.11. The normalized spacial score (nSPS) is 10.1. The van der Waals surface area contributed by atoms with Crippen molar-refractivity contribution in [1.82, 2.24) is 4.98 Å². The van der Waals surface area contributed by atoms with Gasteiger partial charge in [0.2, 0.25) is 5.06 Å². The molecule has 0 radical (unpaired) electrons. The lowest BCUT2D eigenvalue weighted by atomic mass is 10.3. The van der Waals surface area contributed by atoms with E-state index in [0.29, 0.717) is 15.9 Å². The molecule has 0 saturated heterocycles. The average molecular weight is 210 g/mol. The molecular formula is C9H7FN2OS. The molecule has 2 aromatic rings. The number of nitrogens with zero attached hydrogens (tertiary/aromatic N) is 1. The van der Waals surface area contributed by atoms with Gasteiger partial charge in [-0.15, -0.1) is 0 Å². The number of hydrogen-bond donors (Lipinski definition) is 1. The van der Waals surface area contributed by atoms with Crippen LogP contribution in [0.4, 0.5) is 9.52 Å². The number of halogens is 1. The number of nitrogens with two attached hydrogens (primary N) is 1. The number of benzene rings is 1. The van der Waals surface area contributed by atoms with Crippen LogP contribution in [0.1, 0.15) is 0 Å². The van der Waals surface area contributed by atoms with E-state index in [1.807, 2.05) is 0 Å². The molecule has 5 heteroatoms. The van der Waals surface area contributed by atoms with E-state index in [-0.39, 0.29) is 5.82 Å². The maximum Gasteiger partial charge on any atom is 0.202 e. The molecule has 3 nitrogen and oxygen atoms in total. The summed E-state index contributed by atoms with van der Waals surface area (Å²) in [4.78, 5) is 3.83. The summed E-state index contributed by atoms with van der Waals surface area (Å²) in [6, 6.07) is 5.76. The van der Waals surface area contributed by atoms with Crippen molar-refractivity contribution in [1.29, 1.82) is 0 Å². The lowest BCUT2D eigenvalue weighted by molar-refractivity contribution is 0.493. The number of anilines is 1. The van der Waals surface area contributed by atoms with Crippen LogP contribution < -0.4 is 10.5 Å². The predicted octanol–water partition coefficient (Wildman–Crippen LogP) is 2.66. The number of nitrogen functional groups attached to an aromatic ring is 1. The van der Waals surface area contributed by atoms with Gasteiger partial charge in [0.05, 0.1) is 6.20 Å². The Bertz CT molecular complexity index is 427. The van der Waals surface area contributed by atoms with Crippen LogP contribution in [-0.4, -0.2) is 4.98 Å². The SMILES string of the molecule is Nc1ncc(Oc2ccc(F)cc2)s1. The standard InChI is InChI=1S/C9H7FN2OS/c10-6-1-3-7(4-2-6)13-8-5-12-9(11)14-8/h1-5H,(H2,11,12). The van der Waals surface area contributed by atoms with Crippen LogP contribution in [0.5, 0.6) is 10.8 Å². The molecule has 0 bridgehead atoms. The first-order chi connectivity index (χ1) is 6.74. The zero-order valence-corrected chi connectivity index (χ0v) is 7.92. The molecule has 0 atom stereocenters. The highest BCUT2D eigenvalue weighted by molar-refractivity contribution is 7.17. The van der Waals surface area contributed by atoms with Gasteiger partial charge >= 0.3 is 0 Å². The Morgan fingerprint density at radius 3 is 2.57 bits per heavy atom. The summed E-state index contributed by atoms with van der Waals surface area (Å²) < 4.78 is 17.9. The second-order valence-electron chi connectivity index (χ2n) is 2.57. The third kappa shape index (κ3) is 2.00. The molecule has 0 aliphatic heterocycles. The van der Waals surface area contributed by atoms with E-state index >= 15 is 0 Å². The van der Waals surface area contributed by atoms with Gasteiger partial charge in [0.15, 0.2) is 5.13 Å². The lowest BCUT2D eigenvalue weighted by Gasteiger charge is -2.00. The smallest absolute Gasteiger partial charge is 0.202 e. The molecule has 0 aliphatic carbocycles. The van der Waals surface area contributed by atoms with E-state index in [9.17, 15) is 4.39 Å². The summed E-state index contributed by atoms with van der Waals surface area (Å²) in [6.45, 7) is 0. The molecule has 0 saturated carbocycles. The molecule has 0 unspecified atom stereocenters. The monoisotopic (exact) mass is 210 g/mol. The number of ether oxygens (including phenoxy) is 1. The summed E-state index contributed by atoms with van der Waals surface area (Å²) in [5.41, 5.74) is 5.42. The fraction of sp³-hybridized carbons (Fsp3) is 0. The van der Waals surface area contributed by atoms with Crippen LogP contribution in [0.2, 0.25) is 0 Å². The number of rotatable bonds is 2. The average Bonchev–Trinajstić information content (AvgIpc) is 2.56. The Kier molecular flexibility index (Phi) is 2.32. The molecule has 2 N–H and O–H groups in total. The molecule has 1 aromatic carbocycles. The molecule has 2 rings (SSSR count). The number of aromatic nitrogens is 1. The van der Waals surface area contributed by atoms with Crippen molar-refractivity contribution in [3.63, 3.8) is 0 Å². The van der Waals surface area contributed by atoms with Gasteiger partial charge in [0, 0.05) is 0 Å². The van der Waals surface area contributed by atoms with E-state index in [2.05, 4.69) is 4.98 Å².